The molecule has 3 heteroatoms. The van der Waals surface area contributed by atoms with Crippen molar-refractivity contribution in [2.75, 3.05) is 20.6 Å². The van der Waals surface area contributed by atoms with Crippen molar-refractivity contribution >= 4 is 0 Å². The zero-order valence-corrected chi connectivity index (χ0v) is 17.5. The summed E-state index contributed by atoms with van der Waals surface area (Å²) in [4.78, 5) is 8.24. The molecule has 1 unspecified atom stereocenters. The van der Waals surface area contributed by atoms with Crippen LogP contribution in [0.25, 0.3) is 0 Å². The van der Waals surface area contributed by atoms with Gasteiger partial charge in [-0.05, 0) is 69.4 Å². The van der Waals surface area contributed by atoms with Crippen LogP contribution in [-0.2, 0) is 24.4 Å². The van der Waals surface area contributed by atoms with Crippen LogP contribution in [0.4, 0.5) is 0 Å². The van der Waals surface area contributed by atoms with E-state index in [1.165, 1.54) is 61.8 Å². The zero-order valence-electron chi connectivity index (χ0n) is 17.5. The lowest BCUT2D eigenvalue weighted by Gasteiger charge is -2.33. The van der Waals surface area contributed by atoms with Crippen molar-refractivity contribution < 1.29 is 4.84 Å². The second kappa shape index (κ2) is 12.1. The number of hydroxylamine groups is 2. The van der Waals surface area contributed by atoms with Crippen molar-refractivity contribution in [2.45, 2.75) is 70.6 Å². The van der Waals surface area contributed by atoms with Crippen molar-refractivity contribution in [1.29, 1.82) is 0 Å². The van der Waals surface area contributed by atoms with E-state index in [1.807, 2.05) is 12.2 Å². The Morgan fingerprint density at radius 3 is 2.63 bits per heavy atom. The number of allylic oxidation sites excluding steroid dienone is 1. The molecule has 0 saturated heterocycles. The lowest BCUT2D eigenvalue weighted by atomic mass is 9.98. The molecular weight excluding hydrogens is 332 g/mol. The normalized spacial score (nSPS) is 15.5. The minimum absolute atomic E-state index is 0.252. The molecule has 0 aromatic heterocycles. The molecule has 0 radical (unpaired) electrons. The summed E-state index contributed by atoms with van der Waals surface area (Å²) in [6.45, 7) is 10.5. The maximum atomic E-state index is 5.97. The highest BCUT2D eigenvalue weighted by Crippen LogP contribution is 2.25. The molecule has 0 saturated carbocycles. The Morgan fingerprint density at radius 2 is 1.89 bits per heavy atom. The third-order valence-electron chi connectivity index (χ3n) is 5.36. The average Bonchev–Trinajstić information content (AvgIpc) is 2.67. The van der Waals surface area contributed by atoms with Crippen molar-refractivity contribution in [3.63, 3.8) is 0 Å². The molecule has 0 N–H and O–H groups in total. The van der Waals surface area contributed by atoms with Gasteiger partial charge in [0.25, 0.3) is 0 Å². The topological polar surface area (TPSA) is 15.7 Å². The van der Waals surface area contributed by atoms with Gasteiger partial charge in [-0.2, -0.15) is 5.06 Å². The Bertz CT molecular complexity index is 582. The fourth-order valence-electron chi connectivity index (χ4n) is 3.66. The molecule has 3 nitrogen and oxygen atoms in total. The van der Waals surface area contributed by atoms with E-state index < -0.39 is 0 Å². The first-order valence-corrected chi connectivity index (χ1v) is 10.5. The number of hydrogen-bond acceptors (Lipinski definition) is 3. The number of aryl methyl sites for hydroxylation is 1. The number of benzene rings is 1. The fraction of sp³-hybridized carbons (Fsp3) is 0.583. The summed E-state index contributed by atoms with van der Waals surface area (Å²) >= 11 is 0. The molecular formula is C24H38N2O. The number of hydrogen-bond donors (Lipinski definition) is 0. The van der Waals surface area contributed by atoms with Gasteiger partial charge < -0.3 is 4.90 Å². The number of nitrogens with zero attached hydrogens (tertiary/aromatic N) is 2. The van der Waals surface area contributed by atoms with Gasteiger partial charge in [-0.1, -0.05) is 49.6 Å². The van der Waals surface area contributed by atoms with Crippen molar-refractivity contribution in [3.8, 4) is 0 Å². The van der Waals surface area contributed by atoms with Gasteiger partial charge in [0.2, 0.25) is 0 Å². The molecule has 150 valence electrons. The van der Waals surface area contributed by atoms with Gasteiger partial charge in [0.05, 0.1) is 19.2 Å². The first kappa shape index (κ1) is 21.9. The van der Waals surface area contributed by atoms with Crippen molar-refractivity contribution in [2.24, 2.45) is 0 Å². The SMILES string of the molecule is C=CCCC(C=C)N1Cc2cc(CCCCCCCN(C)C)ccc2CO1. The third kappa shape index (κ3) is 7.61. The molecule has 1 aliphatic heterocycles. The van der Waals surface area contributed by atoms with Crippen LogP contribution < -0.4 is 0 Å². The Hall–Kier alpha value is -1.42. The largest absolute Gasteiger partial charge is 0.309 e. The van der Waals surface area contributed by atoms with Gasteiger partial charge in [-0.3, -0.25) is 4.84 Å². The monoisotopic (exact) mass is 370 g/mol. The van der Waals surface area contributed by atoms with Gasteiger partial charge in [0, 0.05) is 0 Å². The number of fused-ring (bicyclic) bond motifs is 1. The summed E-state index contributed by atoms with van der Waals surface area (Å²) in [6.07, 6.45) is 13.8. The maximum absolute atomic E-state index is 5.97. The molecule has 0 aliphatic carbocycles. The number of unbranched alkanes of at least 4 members (excludes halogenated alkanes) is 4. The minimum atomic E-state index is 0.252. The molecule has 1 aromatic carbocycles. The summed E-state index contributed by atoms with van der Waals surface area (Å²) in [5.74, 6) is 0. The van der Waals surface area contributed by atoms with Crippen molar-refractivity contribution in [3.05, 3.63) is 60.2 Å². The summed E-state index contributed by atoms with van der Waals surface area (Å²) in [6, 6.07) is 7.19. The highest BCUT2D eigenvalue weighted by atomic mass is 16.7. The standard InChI is InChI=1S/C24H38N2O/c1-5-7-14-24(6-2)26-19-23-18-21(15-16-22(23)20-27-26)13-11-9-8-10-12-17-25(3)4/h5-6,15-16,18,24H,1-2,7-14,17,19-20H2,3-4H3. The van der Waals surface area contributed by atoms with E-state index in [-0.39, 0.29) is 6.04 Å². The molecule has 0 bridgehead atoms. The molecule has 2 rings (SSSR count). The predicted octanol–water partition coefficient (Wildman–Crippen LogP) is 5.51. The van der Waals surface area contributed by atoms with Crippen LogP contribution in [0.1, 0.15) is 61.6 Å². The van der Waals surface area contributed by atoms with Gasteiger partial charge in [-0.25, -0.2) is 0 Å². The van der Waals surface area contributed by atoms with Crippen LogP contribution in [0.15, 0.2) is 43.5 Å². The summed E-state index contributed by atoms with van der Waals surface area (Å²) in [7, 11) is 4.30. The van der Waals surface area contributed by atoms with Gasteiger partial charge in [0.1, 0.15) is 0 Å². The van der Waals surface area contributed by atoms with Crippen LogP contribution in [0.2, 0.25) is 0 Å². The molecule has 1 heterocycles. The van der Waals surface area contributed by atoms with Crippen LogP contribution in [-0.4, -0.2) is 36.6 Å². The fourth-order valence-corrected chi connectivity index (χ4v) is 3.66. The van der Waals surface area contributed by atoms with E-state index in [9.17, 15) is 0 Å². The Labute approximate surface area is 166 Å². The van der Waals surface area contributed by atoms with E-state index in [4.69, 9.17) is 4.84 Å². The first-order chi connectivity index (χ1) is 13.1. The molecule has 1 aliphatic rings. The van der Waals surface area contributed by atoms with Gasteiger partial charge >= 0.3 is 0 Å². The molecule has 27 heavy (non-hydrogen) atoms. The van der Waals surface area contributed by atoms with E-state index in [1.54, 1.807) is 0 Å². The smallest absolute Gasteiger partial charge is 0.0939 e. The molecule has 0 spiro atoms. The number of rotatable bonds is 13. The Morgan fingerprint density at radius 1 is 1.11 bits per heavy atom. The summed E-state index contributed by atoms with van der Waals surface area (Å²) in [5, 5.41) is 2.09. The molecule has 1 atom stereocenters. The maximum Gasteiger partial charge on any atom is 0.0939 e. The second-order valence-corrected chi connectivity index (χ2v) is 7.94. The molecule has 1 aromatic rings. The van der Waals surface area contributed by atoms with E-state index >= 15 is 0 Å². The summed E-state index contributed by atoms with van der Waals surface area (Å²) < 4.78 is 0. The highest BCUT2D eigenvalue weighted by molar-refractivity contribution is 5.32. The van der Waals surface area contributed by atoms with E-state index in [0.29, 0.717) is 6.61 Å². The third-order valence-corrected chi connectivity index (χ3v) is 5.36. The summed E-state index contributed by atoms with van der Waals surface area (Å²) in [5.41, 5.74) is 4.20. The quantitative estimate of drug-likeness (QED) is 0.336. The van der Waals surface area contributed by atoms with Crippen molar-refractivity contribution in [1.82, 2.24) is 9.96 Å². The van der Waals surface area contributed by atoms with E-state index in [0.717, 1.165) is 19.4 Å². The lowest BCUT2D eigenvalue weighted by molar-refractivity contribution is -0.204. The second-order valence-electron chi connectivity index (χ2n) is 7.94. The molecule has 0 amide bonds. The Balaban J connectivity index is 1.79. The van der Waals surface area contributed by atoms with Crippen LogP contribution in [0, 0.1) is 0 Å². The van der Waals surface area contributed by atoms with Crippen LogP contribution >= 0.6 is 0 Å². The van der Waals surface area contributed by atoms with E-state index in [2.05, 4.69) is 55.4 Å². The highest BCUT2D eigenvalue weighted by Gasteiger charge is 2.22. The van der Waals surface area contributed by atoms with Gasteiger partial charge in [0.15, 0.2) is 0 Å². The van der Waals surface area contributed by atoms with Crippen LogP contribution in [0.3, 0.4) is 0 Å². The molecule has 0 fully saturated rings. The van der Waals surface area contributed by atoms with Gasteiger partial charge in [-0.15, -0.1) is 13.2 Å². The minimum Gasteiger partial charge on any atom is -0.309 e. The lowest BCUT2D eigenvalue weighted by Crippen LogP contribution is -2.36. The Kier molecular flexibility index (Phi) is 9.82. The van der Waals surface area contributed by atoms with Crippen LogP contribution in [0.5, 0.6) is 0 Å². The predicted molar refractivity (Wildman–Crippen MR) is 116 cm³/mol. The zero-order chi connectivity index (χ0) is 19.5. The first-order valence-electron chi connectivity index (χ1n) is 10.5. The average molecular weight is 371 g/mol.